The van der Waals surface area contributed by atoms with E-state index in [1.54, 1.807) is 12.4 Å². The Morgan fingerprint density at radius 3 is 2.88 bits per heavy atom. The highest BCUT2D eigenvalue weighted by Crippen LogP contribution is 2.12. The van der Waals surface area contributed by atoms with Crippen LogP contribution in [-0.4, -0.2) is 47.4 Å². The fourth-order valence-corrected chi connectivity index (χ4v) is 1.79. The first-order valence-electron chi connectivity index (χ1n) is 5.44. The van der Waals surface area contributed by atoms with Crippen LogP contribution in [0.15, 0.2) is 12.4 Å². The SMILES string of the molecule is NCc1cnc(N2CCNCC2CO)nc1. The van der Waals surface area contributed by atoms with Gasteiger partial charge in [-0.05, 0) is 0 Å². The Bertz CT molecular complexity index is 328. The number of nitrogens with zero attached hydrogens (tertiary/aromatic N) is 3. The van der Waals surface area contributed by atoms with Crippen LogP contribution in [0, 0.1) is 0 Å². The molecule has 1 atom stereocenters. The van der Waals surface area contributed by atoms with Crippen LogP contribution in [0.3, 0.4) is 0 Å². The van der Waals surface area contributed by atoms with Crippen molar-refractivity contribution in [1.82, 2.24) is 15.3 Å². The molecule has 0 radical (unpaired) electrons. The molecule has 2 heterocycles. The Balaban J connectivity index is 2.14. The summed E-state index contributed by atoms with van der Waals surface area (Å²) >= 11 is 0. The van der Waals surface area contributed by atoms with Crippen LogP contribution in [0.2, 0.25) is 0 Å². The van der Waals surface area contributed by atoms with Gasteiger partial charge in [-0.2, -0.15) is 0 Å². The Kier molecular flexibility index (Phi) is 3.66. The Hall–Kier alpha value is -1.24. The van der Waals surface area contributed by atoms with Gasteiger partial charge in [0.2, 0.25) is 5.95 Å². The molecule has 6 nitrogen and oxygen atoms in total. The molecule has 4 N–H and O–H groups in total. The summed E-state index contributed by atoms with van der Waals surface area (Å²) < 4.78 is 0. The van der Waals surface area contributed by atoms with Crippen LogP contribution >= 0.6 is 0 Å². The lowest BCUT2D eigenvalue weighted by Gasteiger charge is -2.35. The molecular formula is C10H17N5O. The molecule has 6 heteroatoms. The second-order valence-electron chi connectivity index (χ2n) is 3.83. The third kappa shape index (κ3) is 2.29. The molecule has 0 saturated carbocycles. The monoisotopic (exact) mass is 223 g/mol. The van der Waals surface area contributed by atoms with E-state index >= 15 is 0 Å². The van der Waals surface area contributed by atoms with Gasteiger partial charge in [-0.15, -0.1) is 0 Å². The number of anilines is 1. The minimum absolute atomic E-state index is 0.0532. The zero-order valence-electron chi connectivity index (χ0n) is 9.13. The first-order chi connectivity index (χ1) is 7.85. The van der Waals surface area contributed by atoms with E-state index in [0.717, 1.165) is 25.2 Å². The van der Waals surface area contributed by atoms with E-state index in [1.165, 1.54) is 0 Å². The number of aromatic nitrogens is 2. The third-order valence-corrected chi connectivity index (χ3v) is 2.75. The normalized spacial score (nSPS) is 21.1. The summed E-state index contributed by atoms with van der Waals surface area (Å²) in [5.41, 5.74) is 6.40. The van der Waals surface area contributed by atoms with Gasteiger partial charge >= 0.3 is 0 Å². The first kappa shape index (κ1) is 11.3. The van der Waals surface area contributed by atoms with Crippen LogP contribution in [0.4, 0.5) is 5.95 Å². The van der Waals surface area contributed by atoms with Crippen LogP contribution in [0.5, 0.6) is 0 Å². The van der Waals surface area contributed by atoms with E-state index in [1.807, 2.05) is 4.90 Å². The number of aliphatic hydroxyl groups is 1. The number of nitrogens with two attached hydrogens (primary N) is 1. The smallest absolute Gasteiger partial charge is 0.225 e. The summed E-state index contributed by atoms with van der Waals surface area (Å²) in [5, 5.41) is 12.5. The van der Waals surface area contributed by atoms with Gasteiger partial charge in [0.25, 0.3) is 0 Å². The first-order valence-corrected chi connectivity index (χ1v) is 5.44. The second-order valence-corrected chi connectivity index (χ2v) is 3.83. The molecule has 1 aromatic heterocycles. The van der Waals surface area contributed by atoms with E-state index in [-0.39, 0.29) is 12.6 Å². The van der Waals surface area contributed by atoms with Gasteiger partial charge in [0.1, 0.15) is 0 Å². The number of hydrogen-bond donors (Lipinski definition) is 3. The molecule has 1 unspecified atom stereocenters. The van der Waals surface area contributed by atoms with Crippen LogP contribution in [-0.2, 0) is 6.54 Å². The molecule has 0 aromatic carbocycles. The summed E-state index contributed by atoms with van der Waals surface area (Å²) in [6, 6.07) is 0.0532. The molecule has 0 amide bonds. The molecule has 0 spiro atoms. The summed E-state index contributed by atoms with van der Waals surface area (Å²) in [7, 11) is 0. The lowest BCUT2D eigenvalue weighted by atomic mass is 10.2. The van der Waals surface area contributed by atoms with Crippen LogP contribution in [0.1, 0.15) is 5.56 Å². The van der Waals surface area contributed by atoms with Crippen LogP contribution in [0.25, 0.3) is 0 Å². The van der Waals surface area contributed by atoms with Gasteiger partial charge in [0.05, 0.1) is 12.6 Å². The minimum atomic E-state index is 0.0532. The third-order valence-electron chi connectivity index (χ3n) is 2.75. The summed E-state index contributed by atoms with van der Waals surface area (Å²) in [6.07, 6.45) is 3.47. The minimum Gasteiger partial charge on any atom is -0.394 e. The van der Waals surface area contributed by atoms with Crippen molar-refractivity contribution in [1.29, 1.82) is 0 Å². The van der Waals surface area contributed by atoms with Crippen molar-refractivity contribution >= 4 is 5.95 Å². The Labute approximate surface area is 94.5 Å². The average Bonchev–Trinajstić information content (AvgIpc) is 2.39. The maximum absolute atomic E-state index is 9.27. The molecule has 88 valence electrons. The van der Waals surface area contributed by atoms with E-state index in [2.05, 4.69) is 15.3 Å². The largest absolute Gasteiger partial charge is 0.394 e. The highest BCUT2D eigenvalue weighted by Gasteiger charge is 2.23. The standard InChI is InChI=1S/C10H17N5O/c11-3-8-4-13-10(14-5-8)15-2-1-12-6-9(15)7-16/h4-5,9,12,16H,1-3,6-7,11H2. The van der Waals surface area contributed by atoms with Crippen molar-refractivity contribution in [3.8, 4) is 0 Å². The number of hydrogen-bond acceptors (Lipinski definition) is 6. The van der Waals surface area contributed by atoms with Gasteiger partial charge in [0.15, 0.2) is 0 Å². The molecule has 2 rings (SSSR count). The van der Waals surface area contributed by atoms with E-state index < -0.39 is 0 Å². The van der Waals surface area contributed by atoms with Crippen molar-refractivity contribution in [2.75, 3.05) is 31.1 Å². The fourth-order valence-electron chi connectivity index (χ4n) is 1.79. The number of rotatable bonds is 3. The molecule has 1 fully saturated rings. The van der Waals surface area contributed by atoms with Crippen molar-refractivity contribution in [2.24, 2.45) is 5.73 Å². The molecule has 0 aliphatic carbocycles. The van der Waals surface area contributed by atoms with Crippen molar-refractivity contribution < 1.29 is 5.11 Å². The summed E-state index contributed by atoms with van der Waals surface area (Å²) in [5.74, 6) is 0.665. The second kappa shape index (κ2) is 5.20. The van der Waals surface area contributed by atoms with Crippen molar-refractivity contribution in [3.63, 3.8) is 0 Å². The highest BCUT2D eigenvalue weighted by atomic mass is 16.3. The maximum Gasteiger partial charge on any atom is 0.225 e. The van der Waals surface area contributed by atoms with E-state index in [0.29, 0.717) is 12.5 Å². The zero-order chi connectivity index (χ0) is 11.4. The maximum atomic E-state index is 9.27. The number of nitrogens with one attached hydrogen (secondary N) is 1. The molecule has 1 aromatic rings. The van der Waals surface area contributed by atoms with Gasteiger partial charge in [-0.3, -0.25) is 0 Å². The predicted molar refractivity (Wildman–Crippen MR) is 61.0 cm³/mol. The summed E-state index contributed by atoms with van der Waals surface area (Å²) in [6.45, 7) is 3.02. The van der Waals surface area contributed by atoms with Gasteiger partial charge < -0.3 is 21.1 Å². The van der Waals surface area contributed by atoms with E-state index in [4.69, 9.17) is 5.73 Å². The zero-order valence-corrected chi connectivity index (χ0v) is 9.13. The molecule has 1 saturated heterocycles. The van der Waals surface area contributed by atoms with Crippen LogP contribution < -0.4 is 16.0 Å². The predicted octanol–water partition coefficient (Wildman–Crippen LogP) is -1.29. The summed E-state index contributed by atoms with van der Waals surface area (Å²) in [4.78, 5) is 10.6. The van der Waals surface area contributed by atoms with Gasteiger partial charge in [-0.25, -0.2) is 9.97 Å². The average molecular weight is 223 g/mol. The Morgan fingerprint density at radius 2 is 2.25 bits per heavy atom. The number of aliphatic hydroxyl groups excluding tert-OH is 1. The highest BCUT2D eigenvalue weighted by molar-refractivity contribution is 5.33. The molecular weight excluding hydrogens is 206 g/mol. The lowest BCUT2D eigenvalue weighted by molar-refractivity contribution is 0.245. The molecule has 1 aliphatic rings. The van der Waals surface area contributed by atoms with Gasteiger partial charge in [0, 0.05) is 44.1 Å². The molecule has 1 aliphatic heterocycles. The molecule has 16 heavy (non-hydrogen) atoms. The molecule has 0 bridgehead atoms. The van der Waals surface area contributed by atoms with E-state index in [9.17, 15) is 5.11 Å². The Morgan fingerprint density at radius 1 is 1.50 bits per heavy atom. The lowest BCUT2D eigenvalue weighted by Crippen LogP contribution is -2.53. The quantitative estimate of drug-likeness (QED) is 0.591. The number of piperazine rings is 1. The topological polar surface area (TPSA) is 87.3 Å². The van der Waals surface area contributed by atoms with Crippen molar-refractivity contribution in [3.05, 3.63) is 18.0 Å². The van der Waals surface area contributed by atoms with Crippen molar-refractivity contribution in [2.45, 2.75) is 12.6 Å². The van der Waals surface area contributed by atoms with Gasteiger partial charge in [-0.1, -0.05) is 0 Å². The fraction of sp³-hybridized carbons (Fsp3) is 0.600.